The number of hydrogen-bond donors (Lipinski definition) is 0. The van der Waals surface area contributed by atoms with Crippen LogP contribution in [0, 0.1) is 0 Å². The summed E-state index contributed by atoms with van der Waals surface area (Å²) in [6.45, 7) is 1.82. The molecule has 0 aliphatic rings. The van der Waals surface area contributed by atoms with E-state index in [-0.39, 0.29) is 19.1 Å². The monoisotopic (exact) mass is 400 g/mol. The number of amides is 1. The van der Waals surface area contributed by atoms with E-state index in [9.17, 15) is 9.59 Å². The highest BCUT2D eigenvalue weighted by atomic mass is 32.1. The highest BCUT2D eigenvalue weighted by Crippen LogP contribution is 2.18. The molecule has 2 aromatic carbocycles. The van der Waals surface area contributed by atoms with Gasteiger partial charge in [0.05, 0.1) is 23.9 Å². The van der Waals surface area contributed by atoms with Crippen LogP contribution in [0.1, 0.15) is 6.92 Å². The lowest BCUT2D eigenvalue weighted by atomic mass is 10.3. The summed E-state index contributed by atoms with van der Waals surface area (Å²) in [5.41, 5.74) is 0.822. The molecule has 1 amide bonds. The minimum atomic E-state index is -0.444. The first-order valence-electron chi connectivity index (χ1n) is 8.69. The quantitative estimate of drug-likeness (QED) is 0.570. The van der Waals surface area contributed by atoms with Gasteiger partial charge in [0, 0.05) is 0 Å². The van der Waals surface area contributed by atoms with Gasteiger partial charge < -0.3 is 18.8 Å². The molecule has 28 heavy (non-hydrogen) atoms. The van der Waals surface area contributed by atoms with Crippen LogP contribution in [0.5, 0.6) is 11.5 Å². The Hall–Kier alpha value is -3.13. The van der Waals surface area contributed by atoms with E-state index in [0.29, 0.717) is 22.9 Å². The van der Waals surface area contributed by atoms with Crippen molar-refractivity contribution >= 4 is 33.4 Å². The van der Waals surface area contributed by atoms with Crippen molar-refractivity contribution in [2.45, 2.75) is 13.5 Å². The Kier molecular flexibility index (Phi) is 6.44. The number of carbonyl (C=O) groups excluding carboxylic acids is 2. The maximum Gasteiger partial charge on any atom is 0.326 e. The van der Waals surface area contributed by atoms with Gasteiger partial charge in [0.15, 0.2) is 11.4 Å². The van der Waals surface area contributed by atoms with Crippen LogP contribution in [-0.2, 0) is 20.9 Å². The smallest absolute Gasteiger partial charge is 0.326 e. The van der Waals surface area contributed by atoms with Crippen LogP contribution in [-0.4, -0.2) is 36.8 Å². The van der Waals surface area contributed by atoms with E-state index in [1.54, 1.807) is 42.9 Å². The third-order valence-electron chi connectivity index (χ3n) is 3.82. The van der Waals surface area contributed by atoms with Crippen molar-refractivity contribution in [3.8, 4) is 11.5 Å². The van der Waals surface area contributed by atoms with Gasteiger partial charge in [-0.05, 0) is 43.3 Å². The van der Waals surface area contributed by atoms with Crippen molar-refractivity contribution in [2.75, 3.05) is 20.3 Å². The van der Waals surface area contributed by atoms with Gasteiger partial charge in [-0.3, -0.25) is 9.59 Å². The van der Waals surface area contributed by atoms with Crippen LogP contribution < -0.4 is 14.3 Å². The minimum absolute atomic E-state index is 0.0106. The molecule has 1 heterocycles. The van der Waals surface area contributed by atoms with Crippen molar-refractivity contribution in [2.24, 2.45) is 4.99 Å². The fourth-order valence-corrected chi connectivity index (χ4v) is 3.60. The highest BCUT2D eigenvalue weighted by Gasteiger charge is 2.12. The third kappa shape index (κ3) is 4.77. The number of nitrogens with zero attached hydrogens (tertiary/aromatic N) is 2. The molecular formula is C20H20N2O5S. The van der Waals surface area contributed by atoms with Crippen LogP contribution in [0.25, 0.3) is 10.2 Å². The Bertz CT molecular complexity index is 1040. The number of carbonyl (C=O) groups is 2. The number of fused-ring (bicyclic) bond motifs is 1. The lowest BCUT2D eigenvalue weighted by Crippen LogP contribution is -2.24. The number of aromatic nitrogens is 1. The van der Waals surface area contributed by atoms with Crippen LogP contribution >= 0.6 is 11.3 Å². The van der Waals surface area contributed by atoms with Gasteiger partial charge in [0.2, 0.25) is 0 Å². The van der Waals surface area contributed by atoms with E-state index < -0.39 is 5.91 Å². The molecule has 0 bridgehead atoms. The number of rotatable bonds is 7. The fourth-order valence-electron chi connectivity index (χ4n) is 2.55. The Labute approximate surface area is 165 Å². The molecule has 0 radical (unpaired) electrons. The molecule has 1 aromatic heterocycles. The number of methoxy groups -OCH3 is 1. The average Bonchev–Trinajstić information content (AvgIpc) is 3.04. The van der Waals surface area contributed by atoms with E-state index in [1.807, 2.05) is 24.3 Å². The van der Waals surface area contributed by atoms with Crippen molar-refractivity contribution in [3.63, 3.8) is 0 Å². The maximum absolute atomic E-state index is 12.3. The van der Waals surface area contributed by atoms with Crippen LogP contribution in [0.2, 0.25) is 0 Å². The van der Waals surface area contributed by atoms with Gasteiger partial charge in [0.1, 0.15) is 18.0 Å². The summed E-state index contributed by atoms with van der Waals surface area (Å²) in [5, 5.41) is 0. The lowest BCUT2D eigenvalue weighted by molar-refractivity contribution is -0.143. The Morgan fingerprint density at radius 2 is 1.79 bits per heavy atom. The molecule has 0 aliphatic carbocycles. The molecule has 0 fully saturated rings. The SMILES string of the molecule is CCOC(=O)Cn1c(=NC(=O)COc2ccc(OC)cc2)sc2ccccc21. The normalized spacial score (nSPS) is 11.4. The predicted octanol–water partition coefficient (Wildman–Crippen LogP) is 2.78. The Balaban J connectivity index is 1.81. The number of hydrogen-bond acceptors (Lipinski definition) is 6. The van der Waals surface area contributed by atoms with E-state index in [4.69, 9.17) is 14.2 Å². The Morgan fingerprint density at radius 1 is 1.07 bits per heavy atom. The van der Waals surface area contributed by atoms with Crippen molar-refractivity contribution < 1.29 is 23.8 Å². The van der Waals surface area contributed by atoms with Crippen molar-refractivity contribution in [1.82, 2.24) is 4.57 Å². The minimum Gasteiger partial charge on any atom is -0.497 e. The number of benzene rings is 2. The van der Waals surface area contributed by atoms with Gasteiger partial charge in [0.25, 0.3) is 5.91 Å². The zero-order valence-electron chi connectivity index (χ0n) is 15.6. The molecule has 146 valence electrons. The number of thiazole rings is 1. The summed E-state index contributed by atoms with van der Waals surface area (Å²) in [6.07, 6.45) is 0. The second-order valence-electron chi connectivity index (χ2n) is 5.71. The molecule has 8 heteroatoms. The summed E-state index contributed by atoms with van der Waals surface area (Å²) in [4.78, 5) is 28.8. The van der Waals surface area contributed by atoms with Gasteiger partial charge in [-0.15, -0.1) is 0 Å². The fraction of sp³-hybridized carbons (Fsp3) is 0.250. The van der Waals surface area contributed by atoms with Gasteiger partial charge >= 0.3 is 5.97 Å². The zero-order valence-corrected chi connectivity index (χ0v) is 16.4. The first-order chi connectivity index (χ1) is 13.6. The molecule has 3 aromatic rings. The molecule has 0 aliphatic heterocycles. The molecule has 0 unspecified atom stereocenters. The summed E-state index contributed by atoms with van der Waals surface area (Å²) >= 11 is 1.33. The Morgan fingerprint density at radius 3 is 2.50 bits per heavy atom. The second-order valence-corrected chi connectivity index (χ2v) is 6.72. The standard InChI is InChI=1S/C20H20N2O5S/c1-3-26-19(24)12-22-16-6-4-5-7-17(16)28-20(22)21-18(23)13-27-15-10-8-14(25-2)9-11-15/h4-11H,3,12-13H2,1-2H3. The summed E-state index contributed by atoms with van der Waals surface area (Å²) < 4.78 is 18.2. The average molecular weight is 400 g/mol. The molecule has 0 saturated heterocycles. The topological polar surface area (TPSA) is 79.1 Å². The largest absolute Gasteiger partial charge is 0.497 e. The molecule has 0 atom stereocenters. The molecule has 0 N–H and O–H groups in total. The lowest BCUT2D eigenvalue weighted by Gasteiger charge is -2.06. The van der Waals surface area contributed by atoms with E-state index in [2.05, 4.69) is 4.99 Å². The van der Waals surface area contributed by atoms with Crippen molar-refractivity contribution in [3.05, 3.63) is 53.3 Å². The first kappa shape index (κ1) is 19.6. The summed E-state index contributed by atoms with van der Waals surface area (Å²) in [7, 11) is 1.58. The van der Waals surface area contributed by atoms with E-state index in [0.717, 1.165) is 10.2 Å². The maximum atomic E-state index is 12.3. The van der Waals surface area contributed by atoms with E-state index in [1.165, 1.54) is 11.3 Å². The second kappa shape index (κ2) is 9.18. The van der Waals surface area contributed by atoms with Gasteiger partial charge in [-0.2, -0.15) is 4.99 Å². The zero-order chi connectivity index (χ0) is 19.9. The molecule has 7 nitrogen and oxygen atoms in total. The van der Waals surface area contributed by atoms with Crippen LogP contribution in [0.3, 0.4) is 0 Å². The van der Waals surface area contributed by atoms with E-state index >= 15 is 0 Å². The van der Waals surface area contributed by atoms with Crippen LogP contribution in [0.4, 0.5) is 0 Å². The number of para-hydroxylation sites is 1. The summed E-state index contributed by atoms with van der Waals surface area (Å²) in [6, 6.07) is 14.5. The molecule has 3 rings (SSSR count). The predicted molar refractivity (Wildman–Crippen MR) is 106 cm³/mol. The number of esters is 1. The van der Waals surface area contributed by atoms with Crippen LogP contribution in [0.15, 0.2) is 53.5 Å². The molecule has 0 spiro atoms. The highest BCUT2D eigenvalue weighted by molar-refractivity contribution is 7.16. The first-order valence-corrected chi connectivity index (χ1v) is 9.50. The van der Waals surface area contributed by atoms with Gasteiger partial charge in [-0.1, -0.05) is 23.5 Å². The molecule has 0 saturated carbocycles. The third-order valence-corrected chi connectivity index (χ3v) is 4.88. The van der Waals surface area contributed by atoms with Crippen molar-refractivity contribution in [1.29, 1.82) is 0 Å². The summed E-state index contributed by atoms with van der Waals surface area (Å²) in [5.74, 6) is 0.420. The molecular weight excluding hydrogens is 380 g/mol. The number of ether oxygens (including phenoxy) is 3. The van der Waals surface area contributed by atoms with Gasteiger partial charge in [-0.25, -0.2) is 0 Å².